The number of anilines is 4. The van der Waals surface area contributed by atoms with Gasteiger partial charge in [0, 0.05) is 10.6 Å². The summed E-state index contributed by atoms with van der Waals surface area (Å²) >= 11 is 7.58. The molecule has 0 aliphatic carbocycles. The van der Waals surface area contributed by atoms with Crippen LogP contribution in [0, 0.1) is 11.5 Å². The molecule has 0 aliphatic rings. The van der Waals surface area contributed by atoms with Crippen LogP contribution in [0.2, 0.25) is 5.28 Å². The molecule has 224 valence electrons. The summed E-state index contributed by atoms with van der Waals surface area (Å²) in [4.78, 5) is 12.5. The Hall–Kier alpha value is -3.80. The second kappa shape index (κ2) is 15.6. The van der Waals surface area contributed by atoms with Gasteiger partial charge in [0.25, 0.3) is 0 Å². The normalized spacial score (nSPS) is 11.2. The maximum Gasteiger partial charge on any atom is 0.242 e. The number of phenolic OH excluding ortho intramolecular Hbond substituents is 1. The number of halogens is 1. The molecule has 1 aromatic heterocycles. The molecular formula is C20H14ClN9O10S3. The van der Waals surface area contributed by atoms with E-state index in [1.54, 1.807) is 18.3 Å². The maximum atomic E-state index is 10.8. The van der Waals surface area contributed by atoms with Crippen molar-refractivity contribution in [1.82, 2.24) is 15.0 Å². The van der Waals surface area contributed by atoms with Crippen LogP contribution in [0.3, 0.4) is 0 Å². The van der Waals surface area contributed by atoms with E-state index in [-0.39, 0.29) is 55.2 Å². The van der Waals surface area contributed by atoms with Gasteiger partial charge in [0.2, 0.25) is 17.2 Å². The highest BCUT2D eigenvalue weighted by molar-refractivity contribution is 7.95. The number of nitriles is 1. The second-order valence-electron chi connectivity index (χ2n) is 7.35. The third kappa shape index (κ3) is 8.40. The van der Waals surface area contributed by atoms with Crippen LogP contribution in [0.1, 0.15) is 0 Å². The molecule has 0 bridgehead atoms. The standard InChI is InChI=1S/C20H14ClN9O10S3/c21-18-26-19(24-7-22)28-20(27-18)25-9-1-2-11(13(5-9)42-39-36-33)29-30-17-15-8(4-14(16(17)23)43-40-37-34)3-10(6-12(15)31)41-38-35-32/h1-6,31-34H,23H2,(H2,24,25,26,27,28). The van der Waals surface area contributed by atoms with Gasteiger partial charge in [-0.05, 0) is 53.4 Å². The monoisotopic (exact) mass is 671 g/mol. The summed E-state index contributed by atoms with van der Waals surface area (Å²) in [7, 11) is 0. The van der Waals surface area contributed by atoms with Crippen LogP contribution >= 0.6 is 47.7 Å². The molecule has 0 saturated heterocycles. The van der Waals surface area contributed by atoms with E-state index in [1.165, 1.54) is 24.3 Å². The summed E-state index contributed by atoms with van der Waals surface area (Å²) in [6, 6.07) is 8.88. The van der Waals surface area contributed by atoms with Gasteiger partial charge in [-0.2, -0.15) is 20.2 Å². The lowest BCUT2D eigenvalue weighted by molar-refractivity contribution is -0.432. The van der Waals surface area contributed by atoms with Crippen molar-refractivity contribution in [2.75, 3.05) is 16.4 Å². The Kier molecular flexibility index (Phi) is 11.7. The summed E-state index contributed by atoms with van der Waals surface area (Å²) in [5, 5.41) is 70.2. The SMILES string of the molecule is N#CNc1nc(Cl)nc(Nc2ccc(N=Nc3c(N)c(SOOO)cc4cc(SOOO)cc(O)c34)c(SOOO)c2)n1. The van der Waals surface area contributed by atoms with Crippen molar-refractivity contribution in [3.63, 3.8) is 0 Å². The number of aromatic nitrogens is 3. The lowest BCUT2D eigenvalue weighted by atomic mass is 10.1. The summed E-state index contributed by atoms with van der Waals surface area (Å²) in [5.74, 6) is -0.383. The number of rotatable bonds is 14. The molecule has 0 unspecified atom stereocenters. The van der Waals surface area contributed by atoms with Crippen LogP contribution in [0.15, 0.2) is 61.3 Å². The Morgan fingerprint density at radius 2 is 1.58 bits per heavy atom. The molecule has 0 amide bonds. The zero-order chi connectivity index (χ0) is 30.8. The molecule has 0 radical (unpaired) electrons. The number of phenols is 1. The lowest BCUT2D eigenvalue weighted by Crippen LogP contribution is -2.03. The Morgan fingerprint density at radius 3 is 2.30 bits per heavy atom. The smallest absolute Gasteiger partial charge is 0.242 e. The number of hydrogen-bond donors (Lipinski definition) is 7. The molecule has 43 heavy (non-hydrogen) atoms. The van der Waals surface area contributed by atoms with Crippen LogP contribution in [0.25, 0.3) is 10.8 Å². The Bertz CT molecular complexity index is 1680. The molecule has 0 aliphatic heterocycles. The first kappa shape index (κ1) is 32.1. The zero-order valence-corrected chi connectivity index (χ0v) is 23.8. The van der Waals surface area contributed by atoms with Gasteiger partial charge in [-0.15, -0.1) is 23.2 Å². The predicted octanol–water partition coefficient (Wildman–Crippen LogP) is 6.30. The molecule has 0 atom stereocenters. The fourth-order valence-electron chi connectivity index (χ4n) is 3.33. The zero-order valence-electron chi connectivity index (χ0n) is 20.6. The van der Waals surface area contributed by atoms with Gasteiger partial charge in [-0.25, -0.2) is 15.8 Å². The second-order valence-corrected chi connectivity index (χ2v) is 9.95. The van der Waals surface area contributed by atoms with E-state index < -0.39 is 0 Å². The molecule has 8 N–H and O–H groups in total. The number of nitrogens with one attached hydrogen (secondary N) is 2. The minimum absolute atomic E-state index is 0.00556. The van der Waals surface area contributed by atoms with E-state index in [2.05, 4.69) is 63.9 Å². The number of benzene rings is 3. The highest BCUT2D eigenvalue weighted by Gasteiger charge is 2.18. The highest BCUT2D eigenvalue weighted by atomic mass is 35.5. The van der Waals surface area contributed by atoms with Crippen molar-refractivity contribution >= 4 is 93.1 Å². The van der Waals surface area contributed by atoms with E-state index >= 15 is 0 Å². The summed E-state index contributed by atoms with van der Waals surface area (Å²) in [6.07, 6.45) is 1.67. The van der Waals surface area contributed by atoms with Crippen LogP contribution in [0.5, 0.6) is 5.75 Å². The topological polar surface area (TPSA) is 274 Å². The fourth-order valence-corrected chi connectivity index (χ4v) is 4.87. The van der Waals surface area contributed by atoms with Gasteiger partial charge in [0.15, 0.2) is 6.19 Å². The molecule has 0 saturated carbocycles. The molecule has 0 spiro atoms. The molecular weight excluding hydrogens is 658 g/mol. The van der Waals surface area contributed by atoms with Crippen LogP contribution in [-0.4, -0.2) is 35.8 Å². The van der Waals surface area contributed by atoms with Crippen molar-refractivity contribution in [3.05, 3.63) is 41.7 Å². The summed E-state index contributed by atoms with van der Waals surface area (Å²) in [5.41, 5.74) is 6.82. The third-order valence-electron chi connectivity index (χ3n) is 4.88. The van der Waals surface area contributed by atoms with Crippen molar-refractivity contribution in [2.24, 2.45) is 10.2 Å². The summed E-state index contributed by atoms with van der Waals surface area (Å²) < 4.78 is 13.5. The predicted molar refractivity (Wildman–Crippen MR) is 150 cm³/mol. The molecule has 23 heteroatoms. The Balaban J connectivity index is 1.74. The van der Waals surface area contributed by atoms with E-state index in [0.29, 0.717) is 52.1 Å². The minimum Gasteiger partial charge on any atom is -0.507 e. The quantitative estimate of drug-likeness (QED) is 0.0147. The van der Waals surface area contributed by atoms with Gasteiger partial charge in [0.05, 0.1) is 57.0 Å². The summed E-state index contributed by atoms with van der Waals surface area (Å²) in [6.45, 7) is 0. The maximum absolute atomic E-state index is 10.8. The fraction of sp³-hybridized carbons (Fsp3) is 0. The lowest BCUT2D eigenvalue weighted by Gasteiger charge is -2.12. The number of nitrogens with two attached hydrogens (primary N) is 1. The van der Waals surface area contributed by atoms with Crippen molar-refractivity contribution < 1.29 is 49.0 Å². The van der Waals surface area contributed by atoms with Crippen LogP contribution < -0.4 is 16.4 Å². The number of hydrogen-bond acceptors (Lipinski definition) is 22. The number of fused-ring (bicyclic) bond motifs is 1. The minimum atomic E-state index is -0.287. The first-order chi connectivity index (χ1) is 20.9. The Morgan fingerprint density at radius 1 is 0.884 bits per heavy atom. The Labute approximate surface area is 256 Å². The average molecular weight is 672 g/mol. The van der Waals surface area contributed by atoms with Crippen molar-refractivity contribution in [2.45, 2.75) is 14.7 Å². The number of nitrogen functional groups attached to an aromatic ring is 1. The largest absolute Gasteiger partial charge is 0.507 e. The van der Waals surface area contributed by atoms with Crippen molar-refractivity contribution in [1.29, 1.82) is 5.26 Å². The number of azo groups is 1. The molecule has 3 aromatic carbocycles. The molecule has 19 nitrogen and oxygen atoms in total. The molecule has 4 aromatic rings. The van der Waals surface area contributed by atoms with E-state index in [1.807, 2.05) is 0 Å². The van der Waals surface area contributed by atoms with Gasteiger partial charge >= 0.3 is 0 Å². The van der Waals surface area contributed by atoms with Crippen LogP contribution in [-0.2, 0) is 28.1 Å². The first-order valence-electron chi connectivity index (χ1n) is 10.8. The van der Waals surface area contributed by atoms with Crippen LogP contribution in [0.4, 0.5) is 34.6 Å². The van der Waals surface area contributed by atoms with Crippen molar-refractivity contribution in [3.8, 4) is 11.9 Å². The van der Waals surface area contributed by atoms with E-state index in [4.69, 9.17) is 38.4 Å². The molecule has 1 heterocycles. The average Bonchev–Trinajstić information content (AvgIpc) is 2.98. The third-order valence-corrected chi connectivity index (χ3v) is 6.89. The molecule has 4 rings (SSSR count). The number of aromatic hydroxyl groups is 1. The van der Waals surface area contributed by atoms with E-state index in [9.17, 15) is 5.11 Å². The number of nitrogens with zero attached hydrogens (tertiary/aromatic N) is 6. The molecule has 0 fully saturated rings. The van der Waals surface area contributed by atoms with Gasteiger partial charge in [0.1, 0.15) is 17.1 Å². The van der Waals surface area contributed by atoms with Gasteiger partial charge in [-0.3, -0.25) is 5.32 Å². The van der Waals surface area contributed by atoms with Gasteiger partial charge < -0.3 is 16.2 Å². The first-order valence-corrected chi connectivity index (χ1v) is 13.4. The van der Waals surface area contributed by atoms with Gasteiger partial charge in [-0.1, -0.05) is 15.1 Å². The van der Waals surface area contributed by atoms with E-state index in [0.717, 1.165) is 0 Å². The highest BCUT2D eigenvalue weighted by Crippen LogP contribution is 2.46.